The zero-order valence-electron chi connectivity index (χ0n) is 15.1. The van der Waals surface area contributed by atoms with E-state index in [9.17, 15) is 5.11 Å². The summed E-state index contributed by atoms with van der Waals surface area (Å²) in [6.07, 6.45) is 6.43. The first kappa shape index (κ1) is 17.3. The Morgan fingerprint density at radius 3 is 2.70 bits per heavy atom. The van der Waals surface area contributed by atoms with Gasteiger partial charge in [0, 0.05) is 44.3 Å². The van der Waals surface area contributed by atoms with E-state index < -0.39 is 0 Å². The molecule has 0 bridgehead atoms. The van der Waals surface area contributed by atoms with Crippen LogP contribution in [0.1, 0.15) is 18.7 Å². The minimum absolute atomic E-state index is 0.211. The minimum atomic E-state index is -0.211. The standard InChI is InChI=1S/C18H21N7O2/c1-24(12-16-22-17(23-27-16)13-2-7-19-8-3-13)18-20-9-4-15(21-18)25-10-5-14(26)6-11-25/h2-4,7-9,14,26H,5-6,10-12H2,1H3. The number of aromatic nitrogens is 5. The van der Waals surface area contributed by atoms with Crippen LogP contribution in [0.2, 0.25) is 0 Å². The predicted octanol–water partition coefficient (Wildman–Crippen LogP) is 1.52. The van der Waals surface area contributed by atoms with Crippen LogP contribution in [0.3, 0.4) is 0 Å². The largest absolute Gasteiger partial charge is 0.393 e. The lowest BCUT2D eigenvalue weighted by atomic mass is 10.1. The number of hydrogen-bond donors (Lipinski definition) is 1. The van der Waals surface area contributed by atoms with Crippen LogP contribution in [0.15, 0.2) is 41.3 Å². The van der Waals surface area contributed by atoms with Gasteiger partial charge < -0.3 is 19.4 Å². The van der Waals surface area contributed by atoms with Crippen molar-refractivity contribution in [1.29, 1.82) is 0 Å². The van der Waals surface area contributed by atoms with E-state index in [1.807, 2.05) is 30.1 Å². The highest BCUT2D eigenvalue weighted by molar-refractivity contribution is 5.52. The van der Waals surface area contributed by atoms with Crippen LogP contribution in [0.4, 0.5) is 11.8 Å². The van der Waals surface area contributed by atoms with Crippen molar-refractivity contribution in [3.8, 4) is 11.4 Å². The third-order valence-corrected chi connectivity index (χ3v) is 4.54. The van der Waals surface area contributed by atoms with Gasteiger partial charge in [-0.15, -0.1) is 0 Å². The summed E-state index contributed by atoms with van der Waals surface area (Å²) in [7, 11) is 1.88. The smallest absolute Gasteiger partial charge is 0.246 e. The summed E-state index contributed by atoms with van der Waals surface area (Å²) in [5.41, 5.74) is 0.855. The van der Waals surface area contributed by atoms with E-state index in [1.54, 1.807) is 18.6 Å². The fraction of sp³-hybridized carbons (Fsp3) is 0.389. The molecule has 1 aliphatic heterocycles. The number of pyridine rings is 1. The highest BCUT2D eigenvalue weighted by atomic mass is 16.5. The van der Waals surface area contributed by atoms with Crippen LogP contribution in [0.5, 0.6) is 0 Å². The maximum absolute atomic E-state index is 9.67. The number of aliphatic hydroxyl groups is 1. The average molecular weight is 367 g/mol. The number of piperidine rings is 1. The van der Waals surface area contributed by atoms with Gasteiger partial charge in [0.15, 0.2) is 0 Å². The fourth-order valence-electron chi connectivity index (χ4n) is 3.01. The molecule has 0 spiro atoms. The molecule has 0 saturated carbocycles. The van der Waals surface area contributed by atoms with Crippen LogP contribution >= 0.6 is 0 Å². The summed E-state index contributed by atoms with van der Waals surface area (Å²) in [6, 6.07) is 5.56. The van der Waals surface area contributed by atoms with Gasteiger partial charge in [-0.25, -0.2) is 4.98 Å². The Morgan fingerprint density at radius 2 is 1.93 bits per heavy atom. The first-order valence-electron chi connectivity index (χ1n) is 8.89. The first-order chi connectivity index (χ1) is 13.2. The Morgan fingerprint density at radius 1 is 1.15 bits per heavy atom. The molecule has 4 heterocycles. The fourth-order valence-corrected chi connectivity index (χ4v) is 3.01. The molecular weight excluding hydrogens is 346 g/mol. The molecule has 9 nitrogen and oxygen atoms in total. The molecule has 1 N–H and O–H groups in total. The highest BCUT2D eigenvalue weighted by Gasteiger charge is 2.19. The van der Waals surface area contributed by atoms with E-state index in [1.165, 1.54) is 0 Å². The topological polar surface area (TPSA) is 104 Å². The van der Waals surface area contributed by atoms with Crippen LogP contribution in [0, 0.1) is 0 Å². The molecule has 1 fully saturated rings. The second kappa shape index (κ2) is 7.67. The molecule has 0 amide bonds. The van der Waals surface area contributed by atoms with E-state index in [2.05, 4.69) is 30.0 Å². The summed E-state index contributed by atoms with van der Waals surface area (Å²) in [6.45, 7) is 1.99. The summed E-state index contributed by atoms with van der Waals surface area (Å²) < 4.78 is 5.35. The van der Waals surface area contributed by atoms with E-state index in [4.69, 9.17) is 4.52 Å². The maximum atomic E-state index is 9.67. The molecule has 3 aromatic heterocycles. The van der Waals surface area contributed by atoms with Crippen molar-refractivity contribution in [2.45, 2.75) is 25.5 Å². The second-order valence-corrected chi connectivity index (χ2v) is 6.54. The van der Waals surface area contributed by atoms with Gasteiger partial charge in [-0.2, -0.15) is 9.97 Å². The van der Waals surface area contributed by atoms with Crippen molar-refractivity contribution in [3.05, 3.63) is 42.7 Å². The van der Waals surface area contributed by atoms with Crippen molar-refractivity contribution >= 4 is 11.8 Å². The Kier molecular flexibility index (Phi) is 4.93. The number of nitrogens with zero attached hydrogens (tertiary/aromatic N) is 7. The molecular formula is C18H21N7O2. The predicted molar refractivity (Wildman–Crippen MR) is 99.1 cm³/mol. The molecule has 1 saturated heterocycles. The number of hydrogen-bond acceptors (Lipinski definition) is 9. The van der Waals surface area contributed by atoms with Crippen molar-refractivity contribution in [2.24, 2.45) is 0 Å². The second-order valence-electron chi connectivity index (χ2n) is 6.54. The molecule has 0 atom stereocenters. The molecule has 3 aromatic rings. The summed E-state index contributed by atoms with van der Waals surface area (Å²) in [5.74, 6) is 2.46. The zero-order chi connectivity index (χ0) is 18.6. The van der Waals surface area contributed by atoms with Crippen molar-refractivity contribution in [2.75, 3.05) is 29.9 Å². The van der Waals surface area contributed by atoms with E-state index >= 15 is 0 Å². The molecule has 1 aliphatic rings. The molecule has 140 valence electrons. The van der Waals surface area contributed by atoms with Gasteiger partial charge in [0.25, 0.3) is 0 Å². The zero-order valence-corrected chi connectivity index (χ0v) is 15.1. The van der Waals surface area contributed by atoms with Gasteiger partial charge in [0.05, 0.1) is 12.6 Å². The summed E-state index contributed by atoms with van der Waals surface area (Å²) in [4.78, 5) is 21.4. The van der Waals surface area contributed by atoms with Crippen LogP contribution in [-0.4, -0.2) is 56.4 Å². The van der Waals surface area contributed by atoms with Gasteiger partial charge in [-0.1, -0.05) is 5.16 Å². The summed E-state index contributed by atoms with van der Waals surface area (Å²) >= 11 is 0. The van der Waals surface area contributed by atoms with Gasteiger partial charge in [-0.05, 0) is 31.0 Å². The lowest BCUT2D eigenvalue weighted by Crippen LogP contribution is -2.36. The van der Waals surface area contributed by atoms with Crippen molar-refractivity contribution < 1.29 is 9.63 Å². The number of anilines is 2. The van der Waals surface area contributed by atoms with Crippen molar-refractivity contribution in [3.63, 3.8) is 0 Å². The Balaban J connectivity index is 1.45. The highest BCUT2D eigenvalue weighted by Crippen LogP contribution is 2.20. The third kappa shape index (κ3) is 4.03. The lowest BCUT2D eigenvalue weighted by molar-refractivity contribution is 0.145. The first-order valence-corrected chi connectivity index (χ1v) is 8.89. The van der Waals surface area contributed by atoms with E-state index in [-0.39, 0.29) is 6.10 Å². The minimum Gasteiger partial charge on any atom is -0.393 e. The Hall–Kier alpha value is -3.07. The summed E-state index contributed by atoms with van der Waals surface area (Å²) in [5, 5.41) is 13.7. The van der Waals surface area contributed by atoms with Gasteiger partial charge in [-0.3, -0.25) is 4.98 Å². The number of aliphatic hydroxyl groups excluding tert-OH is 1. The normalized spacial score (nSPS) is 15.1. The van der Waals surface area contributed by atoms with Gasteiger partial charge in [0.1, 0.15) is 5.82 Å². The molecule has 0 aliphatic carbocycles. The SMILES string of the molecule is CN(Cc1nc(-c2ccncc2)no1)c1nccc(N2CCC(O)CC2)n1. The Bertz CT molecular complexity index is 878. The average Bonchev–Trinajstić information content (AvgIpc) is 3.18. The molecule has 0 aromatic carbocycles. The number of rotatable bonds is 5. The molecule has 9 heteroatoms. The Labute approximate surface area is 156 Å². The van der Waals surface area contributed by atoms with Gasteiger partial charge >= 0.3 is 0 Å². The van der Waals surface area contributed by atoms with E-state index in [0.29, 0.717) is 24.2 Å². The van der Waals surface area contributed by atoms with Crippen LogP contribution in [-0.2, 0) is 6.54 Å². The van der Waals surface area contributed by atoms with Crippen molar-refractivity contribution in [1.82, 2.24) is 25.1 Å². The van der Waals surface area contributed by atoms with Gasteiger partial charge in [0.2, 0.25) is 17.7 Å². The van der Waals surface area contributed by atoms with Crippen LogP contribution in [0.25, 0.3) is 11.4 Å². The third-order valence-electron chi connectivity index (χ3n) is 4.54. The molecule has 4 rings (SSSR count). The molecule has 27 heavy (non-hydrogen) atoms. The monoisotopic (exact) mass is 367 g/mol. The molecule has 0 unspecified atom stereocenters. The lowest BCUT2D eigenvalue weighted by Gasteiger charge is -2.30. The van der Waals surface area contributed by atoms with Crippen LogP contribution < -0.4 is 9.80 Å². The molecule has 0 radical (unpaired) electrons. The quantitative estimate of drug-likeness (QED) is 0.718. The van der Waals surface area contributed by atoms with E-state index in [0.717, 1.165) is 37.3 Å². The maximum Gasteiger partial charge on any atom is 0.246 e.